The summed E-state index contributed by atoms with van der Waals surface area (Å²) in [4.78, 5) is 4.24. The van der Waals surface area contributed by atoms with E-state index in [1.807, 2.05) is 31.2 Å². The third-order valence-electron chi connectivity index (χ3n) is 2.41. The number of aryl methyl sites for hydroxylation is 1. The lowest BCUT2D eigenvalue weighted by Crippen LogP contribution is -2.01. The van der Waals surface area contributed by atoms with E-state index in [1.165, 1.54) is 0 Å². The predicted molar refractivity (Wildman–Crippen MR) is 78.5 cm³/mol. The number of rotatable bonds is 2. The van der Waals surface area contributed by atoms with Crippen LogP contribution in [0.15, 0.2) is 39.4 Å². The van der Waals surface area contributed by atoms with Gasteiger partial charge in [-0.05, 0) is 62.5 Å². The van der Waals surface area contributed by atoms with Gasteiger partial charge in [0.2, 0.25) is 0 Å². The summed E-state index contributed by atoms with van der Waals surface area (Å²) in [6.07, 6.45) is 1.73. The van der Waals surface area contributed by atoms with E-state index < -0.39 is 0 Å². The molecule has 0 unspecified atom stereocenters. The number of nitrogens with one attached hydrogen (secondary N) is 1. The van der Waals surface area contributed by atoms with Gasteiger partial charge in [0.15, 0.2) is 5.82 Å². The molecule has 3 N–H and O–H groups in total. The second-order valence-corrected chi connectivity index (χ2v) is 5.32. The number of para-hydroxylation sites is 1. The molecule has 0 radical (unpaired) electrons. The van der Waals surface area contributed by atoms with Gasteiger partial charge in [-0.2, -0.15) is 0 Å². The molecule has 0 aliphatic carbocycles. The minimum Gasteiger partial charge on any atom is -0.396 e. The Hall–Kier alpha value is -1.07. The fraction of sp³-hybridized carbons (Fsp3) is 0.0833. The summed E-state index contributed by atoms with van der Waals surface area (Å²) in [5.41, 5.74) is 8.56. The largest absolute Gasteiger partial charge is 0.396 e. The average Bonchev–Trinajstić information content (AvgIpc) is 2.29. The molecule has 0 fully saturated rings. The van der Waals surface area contributed by atoms with Gasteiger partial charge in [-0.3, -0.25) is 0 Å². The van der Waals surface area contributed by atoms with Gasteiger partial charge in [-0.15, -0.1) is 0 Å². The Morgan fingerprint density at radius 2 is 1.82 bits per heavy atom. The Bertz CT molecular complexity index is 535. The van der Waals surface area contributed by atoms with Crippen molar-refractivity contribution in [1.82, 2.24) is 4.98 Å². The number of hydrogen-bond acceptors (Lipinski definition) is 3. The summed E-state index contributed by atoms with van der Waals surface area (Å²) in [7, 11) is 0. The Kier molecular flexibility index (Phi) is 3.69. The molecule has 1 aromatic heterocycles. The minimum absolute atomic E-state index is 0.662. The number of pyridine rings is 1. The summed E-state index contributed by atoms with van der Waals surface area (Å²) in [6.45, 7) is 1.96. The highest BCUT2D eigenvalue weighted by Crippen LogP contribution is 2.34. The van der Waals surface area contributed by atoms with Gasteiger partial charge in [-0.1, -0.05) is 6.07 Å². The van der Waals surface area contributed by atoms with Crippen molar-refractivity contribution in [3.8, 4) is 0 Å². The number of anilines is 3. The minimum atomic E-state index is 0.662. The Labute approximate surface area is 117 Å². The van der Waals surface area contributed by atoms with Crippen molar-refractivity contribution in [3.05, 3.63) is 45.0 Å². The molecular weight excluding hydrogens is 346 g/mol. The van der Waals surface area contributed by atoms with E-state index in [2.05, 4.69) is 42.2 Å². The normalized spacial score (nSPS) is 10.3. The Morgan fingerprint density at radius 1 is 1.18 bits per heavy atom. The van der Waals surface area contributed by atoms with E-state index in [-0.39, 0.29) is 0 Å². The van der Waals surface area contributed by atoms with Crippen LogP contribution >= 0.6 is 31.9 Å². The molecule has 0 spiro atoms. The van der Waals surface area contributed by atoms with Crippen molar-refractivity contribution in [2.75, 3.05) is 11.1 Å². The molecule has 2 rings (SSSR count). The standard InChI is InChI=1S/C12H11Br2N3/c1-7-5-6-16-12(10(7)15)17-11-8(13)3-2-4-9(11)14/h2-6H,15H2,1H3,(H,16,17). The first-order valence-electron chi connectivity index (χ1n) is 5.01. The van der Waals surface area contributed by atoms with Crippen LogP contribution in [0.5, 0.6) is 0 Å². The van der Waals surface area contributed by atoms with Crippen LogP contribution in [0.1, 0.15) is 5.56 Å². The highest BCUT2D eigenvalue weighted by atomic mass is 79.9. The van der Waals surface area contributed by atoms with Crippen LogP contribution in [-0.4, -0.2) is 4.98 Å². The fourth-order valence-corrected chi connectivity index (χ4v) is 2.60. The van der Waals surface area contributed by atoms with Gasteiger partial charge in [-0.25, -0.2) is 4.98 Å². The van der Waals surface area contributed by atoms with Crippen LogP contribution in [0.25, 0.3) is 0 Å². The Balaban J connectivity index is 2.42. The maximum atomic E-state index is 5.97. The molecule has 5 heteroatoms. The molecule has 0 aliphatic rings. The molecule has 0 atom stereocenters. The monoisotopic (exact) mass is 355 g/mol. The third-order valence-corrected chi connectivity index (χ3v) is 3.74. The average molecular weight is 357 g/mol. The zero-order valence-electron chi connectivity index (χ0n) is 9.17. The van der Waals surface area contributed by atoms with Crippen molar-refractivity contribution in [2.45, 2.75) is 6.92 Å². The number of nitrogens with two attached hydrogens (primary N) is 1. The number of nitrogen functional groups attached to an aromatic ring is 1. The van der Waals surface area contributed by atoms with Crippen LogP contribution in [0.3, 0.4) is 0 Å². The molecule has 0 amide bonds. The lowest BCUT2D eigenvalue weighted by Gasteiger charge is -2.12. The number of benzene rings is 1. The molecule has 2 aromatic rings. The summed E-state index contributed by atoms with van der Waals surface area (Å²) in [5.74, 6) is 0.664. The van der Waals surface area contributed by atoms with E-state index in [9.17, 15) is 0 Å². The smallest absolute Gasteiger partial charge is 0.153 e. The first-order valence-corrected chi connectivity index (χ1v) is 6.60. The third kappa shape index (κ3) is 2.61. The second kappa shape index (κ2) is 5.06. The van der Waals surface area contributed by atoms with Crippen LogP contribution in [-0.2, 0) is 0 Å². The number of aromatic nitrogens is 1. The molecule has 1 aromatic carbocycles. The molecule has 0 aliphatic heterocycles. The molecule has 0 saturated heterocycles. The number of nitrogens with zero attached hydrogens (tertiary/aromatic N) is 1. The zero-order chi connectivity index (χ0) is 12.4. The fourth-order valence-electron chi connectivity index (χ4n) is 1.40. The predicted octanol–water partition coefficient (Wildman–Crippen LogP) is 4.24. The molecule has 88 valence electrons. The lowest BCUT2D eigenvalue weighted by atomic mass is 10.2. The van der Waals surface area contributed by atoms with Crippen molar-refractivity contribution in [2.24, 2.45) is 0 Å². The molecule has 0 bridgehead atoms. The first kappa shape index (κ1) is 12.4. The van der Waals surface area contributed by atoms with E-state index in [0.29, 0.717) is 11.5 Å². The lowest BCUT2D eigenvalue weighted by molar-refractivity contribution is 1.27. The van der Waals surface area contributed by atoms with E-state index in [1.54, 1.807) is 6.20 Å². The highest BCUT2D eigenvalue weighted by molar-refractivity contribution is 9.11. The maximum absolute atomic E-state index is 5.97. The van der Waals surface area contributed by atoms with Gasteiger partial charge in [0.1, 0.15) is 0 Å². The van der Waals surface area contributed by atoms with Crippen LogP contribution in [0.4, 0.5) is 17.2 Å². The van der Waals surface area contributed by atoms with Gasteiger partial charge >= 0.3 is 0 Å². The van der Waals surface area contributed by atoms with E-state index in [0.717, 1.165) is 20.2 Å². The van der Waals surface area contributed by atoms with Crippen LogP contribution < -0.4 is 11.1 Å². The molecule has 3 nitrogen and oxygen atoms in total. The summed E-state index contributed by atoms with van der Waals surface area (Å²) < 4.78 is 1.91. The molecule has 1 heterocycles. The Morgan fingerprint density at radius 3 is 2.47 bits per heavy atom. The summed E-state index contributed by atoms with van der Waals surface area (Å²) >= 11 is 6.97. The zero-order valence-corrected chi connectivity index (χ0v) is 12.3. The van der Waals surface area contributed by atoms with Crippen molar-refractivity contribution >= 4 is 49.1 Å². The summed E-state index contributed by atoms with van der Waals surface area (Å²) in [5, 5.41) is 3.22. The van der Waals surface area contributed by atoms with Gasteiger partial charge in [0.25, 0.3) is 0 Å². The summed E-state index contributed by atoms with van der Waals surface area (Å²) in [6, 6.07) is 7.75. The highest BCUT2D eigenvalue weighted by Gasteiger charge is 2.08. The molecular formula is C12H11Br2N3. The van der Waals surface area contributed by atoms with E-state index >= 15 is 0 Å². The number of hydrogen-bond donors (Lipinski definition) is 2. The van der Waals surface area contributed by atoms with Gasteiger partial charge < -0.3 is 11.1 Å². The topological polar surface area (TPSA) is 50.9 Å². The van der Waals surface area contributed by atoms with Crippen LogP contribution in [0, 0.1) is 6.92 Å². The maximum Gasteiger partial charge on any atom is 0.153 e. The van der Waals surface area contributed by atoms with Gasteiger partial charge in [0.05, 0.1) is 11.4 Å². The van der Waals surface area contributed by atoms with E-state index in [4.69, 9.17) is 5.73 Å². The van der Waals surface area contributed by atoms with Crippen LogP contribution in [0.2, 0.25) is 0 Å². The molecule has 0 saturated carbocycles. The second-order valence-electron chi connectivity index (χ2n) is 3.61. The first-order chi connectivity index (χ1) is 8.09. The molecule has 17 heavy (non-hydrogen) atoms. The van der Waals surface area contributed by atoms with Crippen molar-refractivity contribution in [1.29, 1.82) is 0 Å². The van der Waals surface area contributed by atoms with Crippen molar-refractivity contribution in [3.63, 3.8) is 0 Å². The quantitative estimate of drug-likeness (QED) is 0.846. The SMILES string of the molecule is Cc1ccnc(Nc2c(Br)cccc2Br)c1N. The van der Waals surface area contributed by atoms with Crippen molar-refractivity contribution < 1.29 is 0 Å². The number of halogens is 2. The van der Waals surface area contributed by atoms with Gasteiger partial charge in [0, 0.05) is 15.1 Å².